The van der Waals surface area contributed by atoms with Crippen molar-refractivity contribution in [2.45, 2.75) is 44.8 Å². The standard InChI is InChI=1S/C26H34FN7O5/c1-3-15(2)22(32-21(35)14-39-10-8-27)25(37)31-19-13-28-18-6-4-5-16-11-20(34(23(16)18)26(19)38)24(36)29-12-17-7-9-30-33-17/h4-7,15,19-20,22,28H,3,8-14H2,1-2H3,(H,29,36)(H,31,37)(H,32,35)/t15-,19-,20-,22-/m0/s1. The van der Waals surface area contributed by atoms with Gasteiger partial charge in [-0.15, -0.1) is 0 Å². The second kappa shape index (κ2) is 12.8. The molecule has 3 aliphatic rings. The van der Waals surface area contributed by atoms with Gasteiger partial charge in [-0.3, -0.25) is 24.1 Å². The van der Waals surface area contributed by atoms with E-state index in [9.17, 15) is 23.6 Å². The van der Waals surface area contributed by atoms with Crippen LogP contribution in [0.15, 0.2) is 40.2 Å². The van der Waals surface area contributed by atoms with Crippen LogP contribution >= 0.6 is 0 Å². The number of carbonyl (C=O) groups is 4. The van der Waals surface area contributed by atoms with Gasteiger partial charge >= 0.3 is 0 Å². The summed E-state index contributed by atoms with van der Waals surface area (Å²) in [7, 11) is 0. The summed E-state index contributed by atoms with van der Waals surface area (Å²) in [5.41, 5.74) is 2.81. The highest BCUT2D eigenvalue weighted by molar-refractivity contribution is 6.10. The van der Waals surface area contributed by atoms with Crippen molar-refractivity contribution in [2.75, 3.05) is 49.7 Å². The van der Waals surface area contributed by atoms with Gasteiger partial charge in [0.05, 0.1) is 36.8 Å². The van der Waals surface area contributed by atoms with E-state index in [1.807, 2.05) is 38.1 Å². The van der Waals surface area contributed by atoms with Gasteiger partial charge in [0.25, 0.3) is 5.91 Å². The van der Waals surface area contributed by atoms with E-state index in [1.54, 1.807) is 0 Å². The average molecular weight is 544 g/mol. The van der Waals surface area contributed by atoms with Crippen molar-refractivity contribution in [2.24, 2.45) is 16.1 Å². The molecule has 0 fully saturated rings. The van der Waals surface area contributed by atoms with E-state index in [0.717, 1.165) is 5.56 Å². The predicted molar refractivity (Wildman–Crippen MR) is 141 cm³/mol. The normalized spacial score (nSPS) is 20.8. The number of ether oxygens (including phenoxy) is 1. The molecule has 1 aromatic carbocycles. The van der Waals surface area contributed by atoms with Gasteiger partial charge in [-0.25, -0.2) is 4.39 Å². The van der Waals surface area contributed by atoms with Crippen LogP contribution in [0, 0.1) is 5.92 Å². The van der Waals surface area contributed by atoms with Crippen LogP contribution in [-0.2, 0) is 30.3 Å². The summed E-state index contributed by atoms with van der Waals surface area (Å²) in [6.07, 6.45) is 2.72. The first-order valence-corrected chi connectivity index (χ1v) is 13.1. The molecule has 3 heterocycles. The van der Waals surface area contributed by atoms with Gasteiger partial charge in [-0.1, -0.05) is 32.4 Å². The molecule has 0 aliphatic carbocycles. The average Bonchev–Trinajstić information content (AvgIpc) is 3.57. The number of amides is 4. The van der Waals surface area contributed by atoms with Crippen molar-refractivity contribution >= 4 is 35.0 Å². The summed E-state index contributed by atoms with van der Waals surface area (Å²) in [6.45, 7) is 3.14. The number of halogens is 1. The van der Waals surface area contributed by atoms with E-state index >= 15 is 0 Å². The number of rotatable bonds is 12. The van der Waals surface area contributed by atoms with E-state index in [-0.39, 0.29) is 38.1 Å². The number of benzene rings is 1. The number of nitrogens with zero attached hydrogens (tertiary/aromatic N) is 3. The van der Waals surface area contributed by atoms with Crippen molar-refractivity contribution in [1.29, 1.82) is 0 Å². The Balaban J connectivity index is 1.50. The smallest absolute Gasteiger partial charge is 0.252 e. The quantitative estimate of drug-likeness (QED) is 0.287. The molecule has 39 heavy (non-hydrogen) atoms. The van der Waals surface area contributed by atoms with Crippen molar-refractivity contribution in [1.82, 2.24) is 16.0 Å². The van der Waals surface area contributed by atoms with Crippen LogP contribution in [0.5, 0.6) is 0 Å². The Bertz CT molecular complexity index is 1170. The zero-order valence-electron chi connectivity index (χ0n) is 22.0. The van der Waals surface area contributed by atoms with Crippen molar-refractivity contribution < 1.29 is 28.3 Å². The van der Waals surface area contributed by atoms with Gasteiger partial charge in [0, 0.05) is 13.0 Å². The van der Waals surface area contributed by atoms with Crippen LogP contribution in [0.1, 0.15) is 25.8 Å². The minimum Gasteiger partial charge on any atom is -0.381 e. The lowest BCUT2D eigenvalue weighted by atomic mass is 9.97. The topological polar surface area (TPSA) is 154 Å². The van der Waals surface area contributed by atoms with E-state index in [4.69, 9.17) is 4.74 Å². The Hall–Kier alpha value is -3.87. The Morgan fingerprint density at radius 2 is 2.13 bits per heavy atom. The molecule has 1 aromatic rings. The maximum absolute atomic E-state index is 13.8. The van der Waals surface area contributed by atoms with Gasteiger partial charge in [0.15, 0.2) is 0 Å². The Labute approximate surface area is 225 Å². The third-order valence-electron chi connectivity index (χ3n) is 7.05. The van der Waals surface area contributed by atoms with Gasteiger partial charge in [-0.05, 0) is 23.6 Å². The van der Waals surface area contributed by atoms with Gasteiger partial charge < -0.3 is 26.0 Å². The monoisotopic (exact) mass is 543 g/mol. The summed E-state index contributed by atoms with van der Waals surface area (Å²) in [5.74, 6) is -2.11. The summed E-state index contributed by atoms with van der Waals surface area (Å²) < 4.78 is 17.2. The molecule has 0 unspecified atom stereocenters. The molecule has 0 radical (unpaired) electrons. The molecule has 3 aliphatic heterocycles. The minimum absolute atomic E-state index is 0.0971. The fraction of sp³-hybridized carbons (Fsp3) is 0.538. The molecule has 12 nitrogen and oxygen atoms in total. The number of anilines is 2. The molecular formula is C26H34FN7O5. The Morgan fingerprint density at radius 3 is 2.85 bits per heavy atom. The first kappa shape index (κ1) is 28.1. The molecule has 4 rings (SSSR count). The molecule has 210 valence electrons. The Morgan fingerprint density at radius 1 is 1.31 bits per heavy atom. The second-order valence-electron chi connectivity index (χ2n) is 9.69. The summed E-state index contributed by atoms with van der Waals surface area (Å²) >= 11 is 0. The number of nitrogens with one attached hydrogen (secondary N) is 4. The second-order valence-corrected chi connectivity index (χ2v) is 9.69. The number of para-hydroxylation sites is 1. The summed E-state index contributed by atoms with van der Waals surface area (Å²) in [4.78, 5) is 54.2. The number of carbonyl (C=O) groups excluding carboxylic acids is 4. The molecule has 0 saturated heterocycles. The zero-order chi connectivity index (χ0) is 27.9. The molecule has 4 amide bonds. The third kappa shape index (κ3) is 6.41. The lowest BCUT2D eigenvalue weighted by Gasteiger charge is -2.29. The molecule has 13 heteroatoms. The molecule has 0 saturated carbocycles. The molecule has 0 spiro atoms. The zero-order valence-corrected chi connectivity index (χ0v) is 22.0. The fourth-order valence-electron chi connectivity index (χ4n) is 4.81. The first-order valence-electron chi connectivity index (χ1n) is 13.1. The van der Waals surface area contributed by atoms with E-state index in [1.165, 1.54) is 4.90 Å². The van der Waals surface area contributed by atoms with Gasteiger partial charge in [0.2, 0.25) is 17.7 Å². The van der Waals surface area contributed by atoms with Crippen molar-refractivity contribution in [3.63, 3.8) is 0 Å². The van der Waals surface area contributed by atoms with Crippen molar-refractivity contribution in [3.8, 4) is 0 Å². The SMILES string of the molecule is CC[C@H](C)[C@H](NC(=O)COCCF)C(=O)N[C@H]1CNc2cccc3c2N(C1=O)[C@H](C(=O)NCC1=CCN=N1)C3. The van der Waals surface area contributed by atoms with Crippen LogP contribution in [-0.4, -0.2) is 81.3 Å². The highest BCUT2D eigenvalue weighted by atomic mass is 19.1. The summed E-state index contributed by atoms with van der Waals surface area (Å²) in [5, 5.41) is 19.3. The fourth-order valence-corrected chi connectivity index (χ4v) is 4.81. The highest BCUT2D eigenvalue weighted by Crippen LogP contribution is 2.40. The first-order chi connectivity index (χ1) is 18.8. The van der Waals surface area contributed by atoms with Crippen LogP contribution in [0.4, 0.5) is 15.8 Å². The number of hydrogen-bond donors (Lipinski definition) is 4. The van der Waals surface area contributed by atoms with Crippen molar-refractivity contribution in [3.05, 3.63) is 35.5 Å². The highest BCUT2D eigenvalue weighted by Gasteiger charge is 2.44. The lowest BCUT2D eigenvalue weighted by molar-refractivity contribution is -0.134. The van der Waals surface area contributed by atoms with Gasteiger partial charge in [0.1, 0.15) is 31.4 Å². The predicted octanol–water partition coefficient (Wildman–Crippen LogP) is 0.838. The molecule has 4 atom stereocenters. The van der Waals surface area contributed by atoms with E-state index in [0.29, 0.717) is 36.5 Å². The maximum atomic E-state index is 13.8. The van der Waals surface area contributed by atoms with E-state index in [2.05, 4.69) is 31.5 Å². The third-order valence-corrected chi connectivity index (χ3v) is 7.05. The number of alkyl halides is 1. The van der Waals surface area contributed by atoms with Crippen LogP contribution in [0.3, 0.4) is 0 Å². The molecule has 4 N–H and O–H groups in total. The maximum Gasteiger partial charge on any atom is 0.252 e. The van der Waals surface area contributed by atoms with Gasteiger partial charge in [-0.2, -0.15) is 10.2 Å². The van der Waals surface area contributed by atoms with Crippen LogP contribution < -0.4 is 26.2 Å². The summed E-state index contributed by atoms with van der Waals surface area (Å²) in [6, 6.07) is 2.82. The molecule has 0 bridgehead atoms. The molecule has 0 aromatic heterocycles. The van der Waals surface area contributed by atoms with E-state index < -0.39 is 42.5 Å². The minimum atomic E-state index is -0.997. The van der Waals surface area contributed by atoms with Crippen LogP contribution in [0.2, 0.25) is 0 Å². The Kier molecular flexibility index (Phi) is 9.23. The largest absolute Gasteiger partial charge is 0.381 e. The molecular weight excluding hydrogens is 509 g/mol. The lowest BCUT2D eigenvalue weighted by Crippen LogP contribution is -2.59. The number of hydrogen-bond acceptors (Lipinski definition) is 8. The van der Waals surface area contributed by atoms with Crippen LogP contribution in [0.25, 0.3) is 0 Å². The number of azo groups is 1.